The van der Waals surface area contributed by atoms with E-state index in [1.807, 2.05) is 6.92 Å². The number of ether oxygens (including phenoxy) is 1. The molecule has 5 heteroatoms. The smallest absolute Gasteiger partial charge is 0.261 e. The molecule has 0 aliphatic rings. The Hall–Kier alpha value is -1.07. The molecule has 0 saturated carbocycles. The van der Waals surface area contributed by atoms with Crippen molar-refractivity contribution in [3.05, 3.63) is 35.6 Å². The quantitative estimate of drug-likeness (QED) is 0.699. The van der Waals surface area contributed by atoms with Crippen LogP contribution in [0.25, 0.3) is 0 Å². The molecule has 1 aromatic carbocycles. The number of hydrogen-bond acceptors (Lipinski definition) is 2. The molecule has 108 valence electrons. The van der Waals surface area contributed by atoms with Gasteiger partial charge in [0.1, 0.15) is 12.4 Å². The number of hydrogen-bond donors (Lipinski definition) is 1. The van der Waals surface area contributed by atoms with Gasteiger partial charge in [0.2, 0.25) is 0 Å². The summed E-state index contributed by atoms with van der Waals surface area (Å²) < 4.78 is 41.5. The van der Waals surface area contributed by atoms with E-state index >= 15 is 0 Å². The number of halogens is 3. The molecule has 1 rings (SSSR count). The van der Waals surface area contributed by atoms with Crippen molar-refractivity contribution in [1.82, 2.24) is 5.32 Å². The van der Waals surface area contributed by atoms with Gasteiger partial charge in [0.15, 0.2) is 0 Å². The Kier molecular flexibility index (Phi) is 7.52. The van der Waals surface area contributed by atoms with E-state index < -0.39 is 13.0 Å². The molecule has 0 heterocycles. The van der Waals surface area contributed by atoms with Gasteiger partial charge in [-0.25, -0.2) is 13.2 Å². The Balaban J connectivity index is 2.37. The molecule has 1 unspecified atom stereocenters. The zero-order valence-electron chi connectivity index (χ0n) is 11.0. The van der Waals surface area contributed by atoms with Crippen LogP contribution in [-0.2, 0) is 11.2 Å². The fraction of sp³-hybridized carbons (Fsp3) is 0.571. The molecule has 1 atom stereocenters. The second-order valence-electron chi connectivity index (χ2n) is 4.34. The van der Waals surface area contributed by atoms with Crippen LogP contribution in [0.3, 0.4) is 0 Å². The zero-order chi connectivity index (χ0) is 14.1. The van der Waals surface area contributed by atoms with E-state index in [0.29, 0.717) is 13.0 Å². The van der Waals surface area contributed by atoms with Crippen LogP contribution in [0, 0.1) is 5.82 Å². The Morgan fingerprint density at radius 1 is 1.21 bits per heavy atom. The zero-order valence-corrected chi connectivity index (χ0v) is 11.0. The first-order valence-electron chi connectivity index (χ1n) is 6.45. The summed E-state index contributed by atoms with van der Waals surface area (Å²) >= 11 is 0. The molecule has 0 aromatic heterocycles. The summed E-state index contributed by atoms with van der Waals surface area (Å²) in [4.78, 5) is 0. The minimum absolute atomic E-state index is 0.146. The highest BCUT2D eigenvalue weighted by Crippen LogP contribution is 2.08. The Morgan fingerprint density at radius 3 is 2.47 bits per heavy atom. The SMILES string of the molecule is CCNC(CCOCC(F)F)Cc1ccc(F)cc1. The third-order valence-electron chi connectivity index (χ3n) is 2.74. The summed E-state index contributed by atoms with van der Waals surface area (Å²) in [5.74, 6) is -0.260. The summed E-state index contributed by atoms with van der Waals surface area (Å²) in [7, 11) is 0. The summed E-state index contributed by atoms with van der Waals surface area (Å²) in [5.41, 5.74) is 1.02. The molecule has 0 spiro atoms. The van der Waals surface area contributed by atoms with Gasteiger partial charge in [-0.1, -0.05) is 19.1 Å². The van der Waals surface area contributed by atoms with Gasteiger partial charge in [-0.15, -0.1) is 0 Å². The summed E-state index contributed by atoms with van der Waals surface area (Å²) in [6.45, 7) is 2.55. The van der Waals surface area contributed by atoms with Gasteiger partial charge in [-0.2, -0.15) is 0 Å². The highest BCUT2D eigenvalue weighted by Gasteiger charge is 2.09. The van der Waals surface area contributed by atoms with Gasteiger partial charge >= 0.3 is 0 Å². The molecule has 0 bridgehead atoms. The maximum absolute atomic E-state index is 12.8. The van der Waals surface area contributed by atoms with Gasteiger partial charge in [-0.3, -0.25) is 0 Å². The number of rotatable bonds is 9. The van der Waals surface area contributed by atoms with Crippen LogP contribution in [0.4, 0.5) is 13.2 Å². The molecule has 0 saturated heterocycles. The molecule has 0 fully saturated rings. The topological polar surface area (TPSA) is 21.3 Å². The lowest BCUT2D eigenvalue weighted by molar-refractivity contribution is 0.0144. The fourth-order valence-corrected chi connectivity index (χ4v) is 1.87. The van der Waals surface area contributed by atoms with Crippen LogP contribution in [0.1, 0.15) is 18.9 Å². The molecule has 0 radical (unpaired) electrons. The van der Waals surface area contributed by atoms with Crippen molar-refractivity contribution in [1.29, 1.82) is 0 Å². The molecule has 0 amide bonds. The second-order valence-corrected chi connectivity index (χ2v) is 4.34. The third-order valence-corrected chi connectivity index (χ3v) is 2.74. The first kappa shape index (κ1) is 16.0. The van der Waals surface area contributed by atoms with Gasteiger partial charge in [0.05, 0.1) is 0 Å². The van der Waals surface area contributed by atoms with Crippen LogP contribution < -0.4 is 5.32 Å². The van der Waals surface area contributed by atoms with E-state index in [1.165, 1.54) is 12.1 Å². The number of nitrogens with one attached hydrogen (secondary N) is 1. The number of benzene rings is 1. The normalized spacial score (nSPS) is 12.9. The highest BCUT2D eigenvalue weighted by molar-refractivity contribution is 5.17. The predicted molar refractivity (Wildman–Crippen MR) is 69.0 cm³/mol. The van der Waals surface area contributed by atoms with E-state index in [9.17, 15) is 13.2 Å². The summed E-state index contributed by atoms with van der Waals surface area (Å²) in [6.07, 6.45) is -1.04. The van der Waals surface area contributed by atoms with E-state index in [0.717, 1.165) is 18.5 Å². The van der Waals surface area contributed by atoms with Crippen molar-refractivity contribution < 1.29 is 17.9 Å². The van der Waals surface area contributed by atoms with Crippen LogP contribution in [0.15, 0.2) is 24.3 Å². The number of likely N-dealkylation sites (N-methyl/N-ethyl adjacent to an activating group) is 1. The minimum Gasteiger partial charge on any atom is -0.375 e. The Bertz CT molecular complexity index is 343. The van der Waals surface area contributed by atoms with Crippen molar-refractivity contribution in [3.63, 3.8) is 0 Å². The van der Waals surface area contributed by atoms with E-state index in [1.54, 1.807) is 12.1 Å². The second kappa shape index (κ2) is 8.93. The van der Waals surface area contributed by atoms with Crippen molar-refractivity contribution in [2.45, 2.75) is 32.2 Å². The lowest BCUT2D eigenvalue weighted by Gasteiger charge is -2.18. The average molecular weight is 275 g/mol. The average Bonchev–Trinajstić information content (AvgIpc) is 2.37. The summed E-state index contributed by atoms with van der Waals surface area (Å²) in [6, 6.07) is 6.46. The van der Waals surface area contributed by atoms with Crippen molar-refractivity contribution in [3.8, 4) is 0 Å². The van der Waals surface area contributed by atoms with Crippen molar-refractivity contribution >= 4 is 0 Å². The van der Waals surface area contributed by atoms with Gasteiger partial charge in [-0.05, 0) is 37.1 Å². The fourth-order valence-electron chi connectivity index (χ4n) is 1.87. The molecular weight excluding hydrogens is 255 g/mol. The van der Waals surface area contributed by atoms with Crippen LogP contribution in [0.2, 0.25) is 0 Å². The maximum atomic E-state index is 12.8. The van der Waals surface area contributed by atoms with Crippen LogP contribution in [0.5, 0.6) is 0 Å². The first-order chi connectivity index (χ1) is 9.11. The summed E-state index contributed by atoms with van der Waals surface area (Å²) in [5, 5.41) is 3.27. The van der Waals surface area contributed by atoms with Crippen molar-refractivity contribution in [2.75, 3.05) is 19.8 Å². The third kappa shape index (κ3) is 7.18. The Labute approximate surface area is 112 Å². The molecule has 0 aliphatic heterocycles. The van der Waals surface area contributed by atoms with E-state index in [-0.39, 0.29) is 11.9 Å². The molecule has 1 aromatic rings. The van der Waals surface area contributed by atoms with Gasteiger partial charge < -0.3 is 10.1 Å². The van der Waals surface area contributed by atoms with Crippen LogP contribution >= 0.6 is 0 Å². The van der Waals surface area contributed by atoms with E-state index in [4.69, 9.17) is 4.74 Å². The first-order valence-corrected chi connectivity index (χ1v) is 6.45. The lowest BCUT2D eigenvalue weighted by atomic mass is 10.0. The largest absolute Gasteiger partial charge is 0.375 e. The molecule has 1 N–H and O–H groups in total. The van der Waals surface area contributed by atoms with Gasteiger partial charge in [0.25, 0.3) is 6.43 Å². The van der Waals surface area contributed by atoms with E-state index in [2.05, 4.69) is 5.32 Å². The highest BCUT2D eigenvalue weighted by atomic mass is 19.3. The van der Waals surface area contributed by atoms with Gasteiger partial charge in [0, 0.05) is 12.6 Å². The molecule has 2 nitrogen and oxygen atoms in total. The Morgan fingerprint density at radius 2 is 1.89 bits per heavy atom. The maximum Gasteiger partial charge on any atom is 0.261 e. The standard InChI is InChI=1S/C14H20F3NO/c1-2-18-13(7-8-19-10-14(16)17)9-11-3-5-12(15)6-4-11/h3-6,13-14,18H,2,7-10H2,1H3. The lowest BCUT2D eigenvalue weighted by Crippen LogP contribution is -2.32. The minimum atomic E-state index is -2.42. The number of alkyl halides is 2. The van der Waals surface area contributed by atoms with Crippen molar-refractivity contribution in [2.24, 2.45) is 0 Å². The monoisotopic (exact) mass is 275 g/mol. The van der Waals surface area contributed by atoms with Crippen LogP contribution in [-0.4, -0.2) is 32.2 Å². The molecule has 0 aliphatic carbocycles. The predicted octanol–water partition coefficient (Wildman–Crippen LogP) is 3.02. The molecular formula is C14H20F3NO. The molecule has 19 heavy (non-hydrogen) atoms.